The smallest absolute Gasteiger partial charge is 0.250 e. The van der Waals surface area contributed by atoms with Gasteiger partial charge in [-0.25, -0.2) is 13.1 Å². The lowest BCUT2D eigenvalue weighted by molar-refractivity contribution is -0.129. The average Bonchev–Trinajstić information content (AvgIpc) is 3.32. The van der Waals surface area contributed by atoms with E-state index in [1.165, 1.54) is 18.0 Å². The van der Waals surface area contributed by atoms with E-state index in [0.717, 1.165) is 22.5 Å². The minimum Gasteiger partial charge on any atom is -0.337 e. The highest BCUT2D eigenvalue weighted by atomic mass is 32.2. The molecule has 0 aliphatic heterocycles. The molecular formula is C17H18N4O4S2. The number of rotatable bonds is 7. The summed E-state index contributed by atoms with van der Waals surface area (Å²) in [6.07, 6.45) is 0. The molecule has 0 aliphatic carbocycles. The Kier molecular flexibility index (Phi) is 5.68. The van der Waals surface area contributed by atoms with Crippen LogP contribution in [-0.2, 0) is 21.4 Å². The molecule has 0 fully saturated rings. The summed E-state index contributed by atoms with van der Waals surface area (Å²) in [5.74, 6) is 0.293. The fourth-order valence-electron chi connectivity index (χ4n) is 2.29. The number of sulfonamides is 1. The van der Waals surface area contributed by atoms with E-state index in [-0.39, 0.29) is 23.2 Å². The summed E-state index contributed by atoms with van der Waals surface area (Å²) in [6.45, 7) is 1.70. The van der Waals surface area contributed by atoms with Crippen molar-refractivity contribution in [2.45, 2.75) is 17.7 Å². The second-order valence-electron chi connectivity index (χ2n) is 5.89. The molecule has 3 aromatic rings. The third kappa shape index (κ3) is 4.79. The number of carbonyl (C=O) groups is 1. The lowest BCUT2D eigenvalue weighted by atomic mass is 10.1. The molecule has 1 aromatic carbocycles. The monoisotopic (exact) mass is 406 g/mol. The van der Waals surface area contributed by atoms with Crippen LogP contribution >= 0.6 is 11.3 Å². The Hall–Kier alpha value is -2.56. The van der Waals surface area contributed by atoms with Crippen LogP contribution in [0.15, 0.2) is 50.5 Å². The van der Waals surface area contributed by atoms with Gasteiger partial charge in [-0.3, -0.25) is 4.79 Å². The molecule has 142 valence electrons. The number of aromatic nitrogens is 2. The van der Waals surface area contributed by atoms with Crippen LogP contribution in [0.3, 0.4) is 0 Å². The van der Waals surface area contributed by atoms with E-state index in [1.54, 1.807) is 11.4 Å². The van der Waals surface area contributed by atoms with Gasteiger partial charge in [-0.2, -0.15) is 4.98 Å². The summed E-state index contributed by atoms with van der Waals surface area (Å²) in [4.78, 5) is 17.8. The molecule has 0 radical (unpaired) electrons. The van der Waals surface area contributed by atoms with Crippen LogP contribution in [0.5, 0.6) is 0 Å². The molecule has 0 unspecified atom stereocenters. The summed E-state index contributed by atoms with van der Waals surface area (Å²) in [5.41, 5.74) is 1.90. The minimum absolute atomic E-state index is 0.0817. The van der Waals surface area contributed by atoms with Gasteiger partial charge in [-0.05, 0) is 24.4 Å². The van der Waals surface area contributed by atoms with Crippen molar-refractivity contribution < 1.29 is 17.7 Å². The third-order valence-electron chi connectivity index (χ3n) is 3.72. The van der Waals surface area contributed by atoms with E-state index >= 15 is 0 Å². The summed E-state index contributed by atoms with van der Waals surface area (Å²) >= 11 is 1.09. The second-order valence-corrected chi connectivity index (χ2v) is 8.83. The zero-order chi connectivity index (χ0) is 19.4. The van der Waals surface area contributed by atoms with Crippen LogP contribution in [-0.4, -0.2) is 43.0 Å². The molecule has 0 atom stereocenters. The molecule has 0 aliphatic rings. The van der Waals surface area contributed by atoms with Crippen molar-refractivity contribution in [3.63, 3.8) is 0 Å². The summed E-state index contributed by atoms with van der Waals surface area (Å²) in [7, 11) is -2.14. The Labute approximate surface area is 160 Å². The summed E-state index contributed by atoms with van der Waals surface area (Å²) < 4.78 is 31.8. The van der Waals surface area contributed by atoms with E-state index < -0.39 is 15.9 Å². The first kappa shape index (κ1) is 19.2. The van der Waals surface area contributed by atoms with Crippen molar-refractivity contribution in [3.8, 4) is 11.4 Å². The van der Waals surface area contributed by atoms with Crippen molar-refractivity contribution in [2.24, 2.45) is 0 Å². The van der Waals surface area contributed by atoms with Crippen LogP contribution < -0.4 is 4.72 Å². The van der Waals surface area contributed by atoms with Gasteiger partial charge in [0.15, 0.2) is 0 Å². The Balaban J connectivity index is 1.59. The van der Waals surface area contributed by atoms with Gasteiger partial charge >= 0.3 is 0 Å². The molecule has 1 N–H and O–H groups in total. The highest BCUT2D eigenvalue weighted by molar-refractivity contribution is 7.91. The molecule has 1 amide bonds. The highest BCUT2D eigenvalue weighted by Crippen LogP contribution is 2.18. The minimum atomic E-state index is -3.68. The van der Waals surface area contributed by atoms with Crippen molar-refractivity contribution in [3.05, 3.63) is 53.2 Å². The molecule has 0 saturated heterocycles. The normalized spacial score (nSPS) is 11.5. The molecular weight excluding hydrogens is 388 g/mol. The van der Waals surface area contributed by atoms with E-state index in [0.29, 0.717) is 5.82 Å². The first-order valence-corrected chi connectivity index (χ1v) is 10.4. The van der Waals surface area contributed by atoms with Crippen molar-refractivity contribution >= 4 is 27.3 Å². The Morgan fingerprint density at radius 1 is 1.30 bits per heavy atom. The van der Waals surface area contributed by atoms with Gasteiger partial charge < -0.3 is 9.42 Å². The number of hydrogen-bond donors (Lipinski definition) is 1. The Bertz CT molecular complexity index is 1030. The Morgan fingerprint density at radius 2 is 2.11 bits per heavy atom. The molecule has 8 nitrogen and oxygen atoms in total. The van der Waals surface area contributed by atoms with Crippen LogP contribution in [0.1, 0.15) is 11.5 Å². The van der Waals surface area contributed by atoms with Crippen molar-refractivity contribution in [2.75, 3.05) is 13.6 Å². The number of aryl methyl sites for hydroxylation is 1. The van der Waals surface area contributed by atoms with Crippen molar-refractivity contribution in [1.29, 1.82) is 0 Å². The van der Waals surface area contributed by atoms with Crippen LogP contribution in [0.4, 0.5) is 0 Å². The molecule has 0 bridgehead atoms. The molecule has 0 saturated carbocycles. The molecule has 3 rings (SSSR count). The van der Waals surface area contributed by atoms with Crippen LogP contribution in [0, 0.1) is 6.92 Å². The van der Waals surface area contributed by atoms with Crippen LogP contribution in [0.25, 0.3) is 11.4 Å². The predicted molar refractivity (Wildman–Crippen MR) is 100 cm³/mol. The first-order valence-electron chi connectivity index (χ1n) is 8.02. The summed E-state index contributed by atoms with van der Waals surface area (Å²) in [6, 6.07) is 10.8. The number of amides is 1. The molecule has 2 heterocycles. The Morgan fingerprint density at radius 3 is 2.81 bits per heavy atom. The maximum absolute atomic E-state index is 12.2. The van der Waals surface area contributed by atoms with Gasteiger partial charge in [0, 0.05) is 12.6 Å². The lowest BCUT2D eigenvalue weighted by Crippen LogP contribution is -2.37. The van der Waals surface area contributed by atoms with E-state index in [9.17, 15) is 13.2 Å². The fourth-order valence-corrected chi connectivity index (χ4v) is 4.30. The largest absolute Gasteiger partial charge is 0.337 e. The SMILES string of the molecule is Cc1cccc(-c2noc(CN(C)C(=O)CNS(=O)(=O)c3cccs3)n2)c1. The highest BCUT2D eigenvalue weighted by Gasteiger charge is 2.19. The molecule has 2 aromatic heterocycles. The number of thiophene rings is 1. The van der Waals surface area contributed by atoms with Gasteiger partial charge in [0.2, 0.25) is 17.6 Å². The zero-order valence-corrected chi connectivity index (χ0v) is 16.4. The standard InChI is InChI=1S/C17H18N4O4S2/c1-12-5-3-6-13(9-12)17-19-14(25-20-17)11-21(2)15(22)10-18-27(23,24)16-7-4-8-26-16/h3-9,18H,10-11H2,1-2H3. The van der Waals surface area contributed by atoms with Gasteiger partial charge in [0.05, 0.1) is 13.1 Å². The van der Waals surface area contributed by atoms with Gasteiger partial charge in [0.25, 0.3) is 10.0 Å². The maximum atomic E-state index is 12.2. The molecule has 27 heavy (non-hydrogen) atoms. The van der Waals surface area contributed by atoms with E-state index in [2.05, 4.69) is 14.9 Å². The van der Waals surface area contributed by atoms with Crippen molar-refractivity contribution in [1.82, 2.24) is 19.8 Å². The number of carbonyl (C=O) groups excluding carboxylic acids is 1. The van der Waals surface area contributed by atoms with Gasteiger partial charge in [0.1, 0.15) is 4.21 Å². The first-order chi connectivity index (χ1) is 12.8. The molecule has 10 heteroatoms. The average molecular weight is 406 g/mol. The number of nitrogens with zero attached hydrogens (tertiary/aromatic N) is 3. The van der Waals surface area contributed by atoms with E-state index in [1.807, 2.05) is 31.2 Å². The summed E-state index contributed by atoms with van der Waals surface area (Å²) in [5, 5.41) is 5.58. The topological polar surface area (TPSA) is 105 Å². The number of benzene rings is 1. The number of likely N-dealkylation sites (N-methyl/N-ethyl adjacent to an activating group) is 1. The lowest BCUT2D eigenvalue weighted by Gasteiger charge is -2.14. The molecule has 0 spiro atoms. The quantitative estimate of drug-likeness (QED) is 0.644. The maximum Gasteiger partial charge on any atom is 0.250 e. The number of nitrogens with one attached hydrogen (secondary N) is 1. The second kappa shape index (κ2) is 7.99. The van der Waals surface area contributed by atoms with Gasteiger partial charge in [-0.15, -0.1) is 11.3 Å². The predicted octanol–water partition coefficient (Wildman–Crippen LogP) is 2.04. The zero-order valence-electron chi connectivity index (χ0n) is 14.7. The number of hydrogen-bond acceptors (Lipinski definition) is 7. The van der Waals surface area contributed by atoms with Crippen LogP contribution in [0.2, 0.25) is 0 Å². The third-order valence-corrected chi connectivity index (χ3v) is 6.51. The van der Waals surface area contributed by atoms with E-state index in [4.69, 9.17) is 4.52 Å². The fraction of sp³-hybridized carbons (Fsp3) is 0.235. The van der Waals surface area contributed by atoms with Gasteiger partial charge in [-0.1, -0.05) is 35.0 Å².